The first-order valence-electron chi connectivity index (χ1n) is 24.9. The third-order valence-corrected chi connectivity index (χ3v) is 11.6. The molecule has 26 heteroatoms. The minimum atomic E-state index is -1.50. The van der Waals surface area contributed by atoms with E-state index in [-0.39, 0.29) is 88.0 Å². The molecule has 3 aromatic rings. The van der Waals surface area contributed by atoms with Crippen LogP contribution in [0.2, 0.25) is 0 Å². The van der Waals surface area contributed by atoms with Crippen molar-refractivity contribution in [3.63, 3.8) is 0 Å². The summed E-state index contributed by atoms with van der Waals surface area (Å²) in [5.74, 6) is -8.15. The van der Waals surface area contributed by atoms with E-state index < -0.39 is 108 Å². The van der Waals surface area contributed by atoms with E-state index in [1.54, 1.807) is 72.8 Å². The number of guanidine groups is 2. The van der Waals surface area contributed by atoms with Crippen LogP contribution in [0.25, 0.3) is 0 Å². The highest BCUT2D eigenvalue weighted by Crippen LogP contribution is 2.14. The molecule has 418 valence electrons. The Labute approximate surface area is 446 Å². The normalized spacial score (nSPS) is 13.6. The van der Waals surface area contributed by atoms with Crippen LogP contribution in [0.5, 0.6) is 5.75 Å². The second-order valence-corrected chi connectivity index (χ2v) is 18.6. The largest absolute Gasteiger partial charge is 0.508 e. The van der Waals surface area contributed by atoms with Crippen LogP contribution < -0.4 is 77.4 Å². The number of aliphatic imine (C=N–C) groups is 2. The van der Waals surface area contributed by atoms with Crippen LogP contribution >= 0.6 is 0 Å². The average Bonchev–Trinajstić information content (AvgIpc) is 3.37. The van der Waals surface area contributed by atoms with Gasteiger partial charge in [-0.25, -0.2) is 0 Å². The van der Waals surface area contributed by atoms with E-state index in [2.05, 4.69) is 47.2 Å². The molecular weight excluding hydrogens is 997 g/mol. The van der Waals surface area contributed by atoms with E-state index in [0.29, 0.717) is 16.7 Å². The summed E-state index contributed by atoms with van der Waals surface area (Å²) >= 11 is 0. The molecule has 7 atom stereocenters. The van der Waals surface area contributed by atoms with Crippen molar-refractivity contribution in [1.82, 2.24) is 37.2 Å². The van der Waals surface area contributed by atoms with Gasteiger partial charge < -0.3 is 82.5 Å². The summed E-state index contributed by atoms with van der Waals surface area (Å²) < 4.78 is 0. The Morgan fingerprint density at radius 2 is 0.909 bits per heavy atom. The molecule has 0 saturated heterocycles. The van der Waals surface area contributed by atoms with E-state index in [1.807, 2.05) is 13.8 Å². The number of phenolic OH excluding ortho intramolecular Hbond substituents is 1. The van der Waals surface area contributed by atoms with Gasteiger partial charge in [-0.2, -0.15) is 0 Å². The number of nitrogens with two attached hydrogens (primary N) is 7. The molecule has 26 nitrogen and oxygen atoms in total. The lowest BCUT2D eigenvalue weighted by Crippen LogP contribution is -2.60. The maximum Gasteiger partial charge on any atom is 0.243 e. The SMILES string of the molecule is CC(C)C[C@H](NC(=O)[C@H](Cc1ccccc1)NC(=O)[C@@H](N)Cc1ccc(O)cc1)C(=O)N[C@@H](Cc1ccccc1)C(=O)N[C@@H](CCCN=C(N)N)C(=O)NCC(=O)N[C@@H](CCCN=C(N)N)C(=O)N[C@@H](CC(N)=O)C(N)=O. The van der Waals surface area contributed by atoms with Gasteiger partial charge in [0.1, 0.15) is 42.0 Å². The number of nitrogens with zero attached hydrogens (tertiary/aromatic N) is 2. The quantitative estimate of drug-likeness (QED) is 0.0159. The second-order valence-electron chi connectivity index (χ2n) is 18.6. The zero-order valence-electron chi connectivity index (χ0n) is 43.2. The van der Waals surface area contributed by atoms with Crippen LogP contribution in [0.4, 0.5) is 0 Å². The summed E-state index contributed by atoms with van der Waals surface area (Å²) in [6.07, 6.45) is -0.341. The maximum atomic E-state index is 14.4. The maximum absolute atomic E-state index is 14.4. The third-order valence-electron chi connectivity index (χ3n) is 11.6. The van der Waals surface area contributed by atoms with Crippen molar-refractivity contribution in [2.45, 2.75) is 114 Å². The molecule has 0 fully saturated rings. The molecule has 0 saturated carbocycles. The molecule has 0 aliphatic heterocycles. The first-order valence-corrected chi connectivity index (χ1v) is 24.9. The van der Waals surface area contributed by atoms with Gasteiger partial charge in [0, 0.05) is 25.9 Å². The molecule has 0 aliphatic rings. The minimum absolute atomic E-state index is 0.0279. The fraction of sp³-hybridized carbons (Fsp3) is 0.431. The molecule has 0 spiro atoms. The number of aromatic hydroxyl groups is 1. The molecule has 3 aromatic carbocycles. The van der Waals surface area contributed by atoms with Crippen LogP contribution in [0.1, 0.15) is 69.1 Å². The van der Waals surface area contributed by atoms with Crippen molar-refractivity contribution in [3.05, 3.63) is 102 Å². The molecule has 9 amide bonds. The highest BCUT2D eigenvalue weighted by Gasteiger charge is 2.33. The van der Waals surface area contributed by atoms with Crippen LogP contribution in [-0.2, 0) is 62.4 Å². The van der Waals surface area contributed by atoms with Crippen LogP contribution in [0, 0.1) is 5.92 Å². The Balaban J connectivity index is 1.88. The molecule has 0 aliphatic carbocycles. The Hall–Kier alpha value is -8.81. The summed E-state index contributed by atoms with van der Waals surface area (Å²) in [7, 11) is 0. The lowest BCUT2D eigenvalue weighted by molar-refractivity contribution is -0.135. The summed E-state index contributed by atoms with van der Waals surface area (Å²) in [6, 6.07) is 14.6. The van der Waals surface area contributed by atoms with E-state index in [1.165, 1.54) is 12.1 Å². The Bertz CT molecular complexity index is 2510. The average molecular weight is 1070 g/mol. The van der Waals surface area contributed by atoms with E-state index in [9.17, 15) is 48.3 Å². The molecule has 22 N–H and O–H groups in total. The number of carbonyl (C=O) groups is 9. The van der Waals surface area contributed by atoms with Crippen molar-refractivity contribution in [3.8, 4) is 5.75 Å². The number of primary amides is 2. The number of hydrogen-bond acceptors (Lipinski definition) is 13. The van der Waals surface area contributed by atoms with Gasteiger partial charge in [-0.1, -0.05) is 86.6 Å². The second kappa shape index (κ2) is 32.5. The molecule has 0 unspecified atom stereocenters. The summed E-state index contributed by atoms with van der Waals surface area (Å²) in [6.45, 7) is 3.02. The molecule has 0 bridgehead atoms. The Morgan fingerprint density at radius 3 is 1.38 bits per heavy atom. The fourth-order valence-electron chi connectivity index (χ4n) is 7.67. The molecule has 0 radical (unpaired) electrons. The minimum Gasteiger partial charge on any atom is -0.508 e. The predicted octanol–water partition coefficient (Wildman–Crippen LogP) is -3.71. The van der Waals surface area contributed by atoms with Gasteiger partial charge in [0.2, 0.25) is 53.2 Å². The summed E-state index contributed by atoms with van der Waals surface area (Å²) in [5.41, 5.74) is 40.7. The monoisotopic (exact) mass is 1070 g/mol. The van der Waals surface area contributed by atoms with E-state index >= 15 is 0 Å². The summed E-state index contributed by atoms with van der Waals surface area (Å²) in [5, 5.41) is 27.9. The number of amides is 9. The van der Waals surface area contributed by atoms with Crippen LogP contribution in [0.15, 0.2) is 94.9 Å². The van der Waals surface area contributed by atoms with Gasteiger partial charge in [0.25, 0.3) is 0 Å². The van der Waals surface area contributed by atoms with Crippen molar-refractivity contribution in [1.29, 1.82) is 0 Å². The molecule has 3 rings (SSSR count). The number of nitrogens with one attached hydrogen (secondary N) is 7. The van der Waals surface area contributed by atoms with Crippen LogP contribution in [-0.4, -0.2) is 132 Å². The van der Waals surface area contributed by atoms with Gasteiger partial charge in [-0.15, -0.1) is 0 Å². The van der Waals surface area contributed by atoms with Gasteiger partial charge in [0.15, 0.2) is 11.9 Å². The molecule has 77 heavy (non-hydrogen) atoms. The topological polar surface area (TPSA) is 465 Å². The third kappa shape index (κ3) is 24.4. The Morgan fingerprint density at radius 1 is 0.494 bits per heavy atom. The zero-order valence-corrected chi connectivity index (χ0v) is 43.2. The first kappa shape index (κ1) is 62.5. The van der Waals surface area contributed by atoms with Crippen molar-refractivity contribution in [2.24, 2.45) is 56.0 Å². The smallest absolute Gasteiger partial charge is 0.243 e. The fourth-order valence-corrected chi connectivity index (χ4v) is 7.67. The van der Waals surface area contributed by atoms with Gasteiger partial charge in [0.05, 0.1) is 19.0 Å². The lowest BCUT2D eigenvalue weighted by atomic mass is 9.99. The van der Waals surface area contributed by atoms with Crippen LogP contribution in [0.3, 0.4) is 0 Å². The number of hydrogen-bond donors (Lipinski definition) is 15. The molecule has 0 aromatic heterocycles. The highest BCUT2D eigenvalue weighted by molar-refractivity contribution is 5.97. The van der Waals surface area contributed by atoms with E-state index in [4.69, 9.17) is 40.1 Å². The molecular formula is C51H74N16O10. The first-order chi connectivity index (χ1) is 36.5. The zero-order chi connectivity index (χ0) is 57.0. The van der Waals surface area contributed by atoms with Crippen molar-refractivity contribution < 1.29 is 48.3 Å². The highest BCUT2D eigenvalue weighted by atomic mass is 16.3. The summed E-state index contributed by atoms with van der Waals surface area (Å²) in [4.78, 5) is 129. The van der Waals surface area contributed by atoms with Crippen molar-refractivity contribution >= 4 is 65.1 Å². The van der Waals surface area contributed by atoms with E-state index in [0.717, 1.165) is 0 Å². The predicted molar refractivity (Wildman–Crippen MR) is 287 cm³/mol. The molecule has 0 heterocycles. The number of benzene rings is 3. The standard InChI is InChI=1S/C51H74N16O10/c1-29(2)23-38(66-49(77)39(25-30-11-5-3-6-12-30)65-44(72)34(52)24-32-17-19-33(68)20-18-32)47(75)67-40(26-31-13-7-4-8-14-31)48(76)63-35(15-9-21-59-50(55)56)45(73)61-28-42(70)62-36(16-10-22-60-51(57)58)46(74)64-37(43(54)71)27-41(53)69/h3-8,11-14,17-20,29,34-40,68H,9-10,15-16,21-28,52H2,1-2H3,(H2,53,69)(H2,54,71)(H,61,73)(H,62,70)(H,63,76)(H,64,74)(H,65,72)(H,66,77)(H,67,75)(H4,55,56,59)(H4,57,58,60)/t34-,35-,36-,37-,38-,39-,40-/m0/s1. The Kier molecular flexibility index (Phi) is 26.4. The van der Waals surface area contributed by atoms with Gasteiger partial charge >= 0.3 is 0 Å². The van der Waals surface area contributed by atoms with Crippen molar-refractivity contribution in [2.75, 3.05) is 19.6 Å². The number of carbonyl (C=O) groups excluding carboxylic acids is 9. The van der Waals surface area contributed by atoms with Gasteiger partial charge in [-0.3, -0.25) is 53.1 Å². The number of rotatable bonds is 33. The lowest BCUT2D eigenvalue weighted by Gasteiger charge is -2.28. The van der Waals surface area contributed by atoms with Gasteiger partial charge in [-0.05, 0) is 73.3 Å². The number of phenols is 1.